The lowest BCUT2D eigenvalue weighted by Gasteiger charge is -2.15. The van der Waals surface area contributed by atoms with Crippen LogP contribution in [0, 0.1) is 0 Å². The van der Waals surface area contributed by atoms with Gasteiger partial charge in [0.1, 0.15) is 10.6 Å². The second-order valence-corrected chi connectivity index (χ2v) is 8.15. The van der Waals surface area contributed by atoms with Gasteiger partial charge >= 0.3 is 0 Å². The van der Waals surface area contributed by atoms with Gasteiger partial charge in [0.25, 0.3) is 5.91 Å². The fraction of sp³-hybridized carbons (Fsp3) is 0.188. The van der Waals surface area contributed by atoms with Crippen molar-refractivity contribution in [3.05, 3.63) is 52.5 Å². The van der Waals surface area contributed by atoms with Gasteiger partial charge in [-0.2, -0.15) is 0 Å². The topological polar surface area (TPSA) is 75.7 Å². The molecule has 1 amide bonds. The van der Waals surface area contributed by atoms with E-state index in [0.29, 0.717) is 5.69 Å². The SMILES string of the molecule is COc1ccc(C(=O)Nc2ccc(Br)cc2)cc1S(=O)(=O)N(C)C. The van der Waals surface area contributed by atoms with Gasteiger partial charge in [0.05, 0.1) is 7.11 Å². The molecule has 0 atom stereocenters. The molecule has 0 aliphatic carbocycles. The van der Waals surface area contributed by atoms with E-state index in [-0.39, 0.29) is 16.2 Å². The maximum Gasteiger partial charge on any atom is 0.255 e. The first kappa shape index (κ1) is 18.4. The van der Waals surface area contributed by atoms with Crippen molar-refractivity contribution in [2.45, 2.75) is 4.90 Å². The third kappa shape index (κ3) is 3.95. The number of nitrogens with zero attached hydrogens (tertiary/aromatic N) is 1. The predicted octanol–water partition coefficient (Wildman–Crippen LogP) is 2.96. The monoisotopic (exact) mass is 412 g/mol. The summed E-state index contributed by atoms with van der Waals surface area (Å²) in [5.41, 5.74) is 0.829. The standard InChI is InChI=1S/C16H17BrN2O4S/c1-19(2)24(21,22)15-10-11(4-9-14(15)23-3)16(20)18-13-7-5-12(17)6-8-13/h4-10H,1-3H3,(H,18,20). The average Bonchev–Trinajstić information content (AvgIpc) is 2.56. The van der Waals surface area contributed by atoms with E-state index in [0.717, 1.165) is 8.78 Å². The molecule has 0 aliphatic rings. The van der Waals surface area contributed by atoms with Crippen LogP contribution in [0.15, 0.2) is 51.8 Å². The summed E-state index contributed by atoms with van der Waals surface area (Å²) < 4.78 is 31.9. The molecule has 0 saturated heterocycles. The lowest BCUT2D eigenvalue weighted by Crippen LogP contribution is -2.23. The quantitative estimate of drug-likeness (QED) is 0.818. The largest absolute Gasteiger partial charge is 0.495 e. The summed E-state index contributed by atoms with van der Waals surface area (Å²) in [5.74, 6) is -0.223. The van der Waals surface area contributed by atoms with Gasteiger partial charge in [-0.1, -0.05) is 15.9 Å². The zero-order valence-electron chi connectivity index (χ0n) is 13.4. The van der Waals surface area contributed by atoms with E-state index in [2.05, 4.69) is 21.2 Å². The molecule has 0 bridgehead atoms. The predicted molar refractivity (Wildman–Crippen MR) is 96.0 cm³/mol. The Morgan fingerprint density at radius 2 is 1.75 bits per heavy atom. The third-order valence-electron chi connectivity index (χ3n) is 3.29. The molecule has 0 heterocycles. The number of ether oxygens (including phenoxy) is 1. The molecule has 2 aromatic carbocycles. The first-order valence-corrected chi connectivity index (χ1v) is 9.16. The number of rotatable bonds is 5. The Bertz CT molecular complexity index is 849. The van der Waals surface area contributed by atoms with Gasteiger partial charge in [0, 0.05) is 29.8 Å². The number of methoxy groups -OCH3 is 1. The number of nitrogens with one attached hydrogen (secondary N) is 1. The molecule has 0 fully saturated rings. The summed E-state index contributed by atoms with van der Waals surface area (Å²) in [5, 5.41) is 2.72. The first-order valence-electron chi connectivity index (χ1n) is 6.93. The van der Waals surface area contributed by atoms with Gasteiger partial charge in [-0.15, -0.1) is 0 Å². The molecule has 6 nitrogen and oxygen atoms in total. The van der Waals surface area contributed by atoms with Crippen LogP contribution in [0.3, 0.4) is 0 Å². The Hall–Kier alpha value is -1.90. The van der Waals surface area contributed by atoms with Gasteiger partial charge in [-0.05, 0) is 42.5 Å². The van der Waals surface area contributed by atoms with E-state index in [1.807, 2.05) is 0 Å². The van der Waals surface area contributed by atoms with Crippen LogP contribution in [0.1, 0.15) is 10.4 Å². The molecular formula is C16H17BrN2O4S. The molecule has 2 rings (SSSR count). The second-order valence-electron chi connectivity index (χ2n) is 5.11. The number of amides is 1. The van der Waals surface area contributed by atoms with Crippen LogP contribution in [0.4, 0.5) is 5.69 Å². The zero-order chi connectivity index (χ0) is 17.9. The van der Waals surface area contributed by atoms with Gasteiger partial charge in [0.15, 0.2) is 0 Å². The maximum atomic E-state index is 12.4. The van der Waals surface area contributed by atoms with Crippen molar-refractivity contribution in [3.63, 3.8) is 0 Å². The Morgan fingerprint density at radius 3 is 2.29 bits per heavy atom. The van der Waals surface area contributed by atoms with Crippen LogP contribution in [0.5, 0.6) is 5.75 Å². The molecular weight excluding hydrogens is 396 g/mol. The highest BCUT2D eigenvalue weighted by molar-refractivity contribution is 9.10. The number of carbonyl (C=O) groups excluding carboxylic acids is 1. The van der Waals surface area contributed by atoms with Crippen LogP contribution in [-0.2, 0) is 10.0 Å². The van der Waals surface area contributed by atoms with Crippen molar-refractivity contribution in [1.82, 2.24) is 4.31 Å². The minimum atomic E-state index is -3.73. The van der Waals surface area contributed by atoms with Crippen molar-refractivity contribution in [3.8, 4) is 5.75 Å². The van der Waals surface area contributed by atoms with Gasteiger partial charge in [0.2, 0.25) is 10.0 Å². The molecule has 2 aromatic rings. The Morgan fingerprint density at radius 1 is 1.12 bits per heavy atom. The molecule has 128 valence electrons. The summed E-state index contributed by atoms with van der Waals surface area (Å²) in [7, 11) is 0.489. The van der Waals surface area contributed by atoms with Gasteiger partial charge in [-0.25, -0.2) is 12.7 Å². The Balaban J connectivity index is 2.37. The minimum Gasteiger partial charge on any atom is -0.495 e. The molecule has 0 unspecified atom stereocenters. The number of carbonyl (C=O) groups is 1. The fourth-order valence-electron chi connectivity index (χ4n) is 1.95. The number of hydrogen-bond acceptors (Lipinski definition) is 4. The molecule has 0 aromatic heterocycles. The summed E-state index contributed by atoms with van der Waals surface area (Å²) in [6, 6.07) is 11.4. The van der Waals surface area contributed by atoms with Crippen molar-refractivity contribution in [1.29, 1.82) is 0 Å². The molecule has 0 radical (unpaired) electrons. The number of hydrogen-bond donors (Lipinski definition) is 1. The smallest absolute Gasteiger partial charge is 0.255 e. The normalized spacial score (nSPS) is 11.4. The second kappa shape index (κ2) is 7.33. The molecule has 8 heteroatoms. The lowest BCUT2D eigenvalue weighted by molar-refractivity contribution is 0.102. The molecule has 0 spiro atoms. The van der Waals surface area contributed by atoms with Gasteiger partial charge in [-0.3, -0.25) is 4.79 Å². The van der Waals surface area contributed by atoms with E-state index in [9.17, 15) is 13.2 Å². The van der Waals surface area contributed by atoms with Crippen molar-refractivity contribution in [2.24, 2.45) is 0 Å². The van der Waals surface area contributed by atoms with E-state index in [1.54, 1.807) is 24.3 Å². The maximum absolute atomic E-state index is 12.4. The van der Waals surface area contributed by atoms with Gasteiger partial charge < -0.3 is 10.1 Å². The molecule has 0 aliphatic heterocycles. The van der Waals surface area contributed by atoms with Crippen LogP contribution in [0.2, 0.25) is 0 Å². The molecule has 24 heavy (non-hydrogen) atoms. The Kier molecular flexibility index (Phi) is 5.63. The minimum absolute atomic E-state index is 0.0570. The average molecular weight is 413 g/mol. The number of halogens is 1. The fourth-order valence-corrected chi connectivity index (χ4v) is 3.29. The van der Waals surface area contributed by atoms with Crippen molar-refractivity contribution in [2.75, 3.05) is 26.5 Å². The van der Waals surface area contributed by atoms with Crippen molar-refractivity contribution >= 4 is 37.5 Å². The van der Waals surface area contributed by atoms with E-state index in [4.69, 9.17) is 4.74 Å². The van der Waals surface area contributed by atoms with E-state index in [1.165, 1.54) is 39.4 Å². The molecule has 1 N–H and O–H groups in total. The van der Waals surface area contributed by atoms with Crippen molar-refractivity contribution < 1.29 is 17.9 Å². The highest BCUT2D eigenvalue weighted by atomic mass is 79.9. The summed E-state index contributed by atoms with van der Waals surface area (Å²) in [6.07, 6.45) is 0. The third-order valence-corrected chi connectivity index (χ3v) is 5.65. The Labute approximate surface area is 149 Å². The number of benzene rings is 2. The van der Waals surface area contributed by atoms with E-state index < -0.39 is 15.9 Å². The van der Waals surface area contributed by atoms with Crippen LogP contribution in [0.25, 0.3) is 0 Å². The zero-order valence-corrected chi connectivity index (χ0v) is 15.8. The summed E-state index contributed by atoms with van der Waals surface area (Å²) in [4.78, 5) is 12.3. The molecule has 0 saturated carbocycles. The van der Waals surface area contributed by atoms with Crippen LogP contribution in [-0.4, -0.2) is 39.8 Å². The number of anilines is 1. The van der Waals surface area contributed by atoms with Crippen LogP contribution >= 0.6 is 15.9 Å². The number of sulfonamides is 1. The highest BCUT2D eigenvalue weighted by Gasteiger charge is 2.23. The summed E-state index contributed by atoms with van der Waals surface area (Å²) >= 11 is 3.32. The van der Waals surface area contributed by atoms with Crippen LogP contribution < -0.4 is 10.1 Å². The first-order chi connectivity index (χ1) is 11.3. The lowest BCUT2D eigenvalue weighted by atomic mass is 10.2. The van der Waals surface area contributed by atoms with E-state index >= 15 is 0 Å². The highest BCUT2D eigenvalue weighted by Crippen LogP contribution is 2.27. The summed E-state index contributed by atoms with van der Waals surface area (Å²) in [6.45, 7) is 0.